The zero-order valence-corrected chi connectivity index (χ0v) is 16.1. The molecule has 2 aromatic carbocycles. The van der Waals surface area contributed by atoms with E-state index >= 15 is 0 Å². The third-order valence-electron chi connectivity index (χ3n) is 5.43. The summed E-state index contributed by atoms with van der Waals surface area (Å²) in [4.78, 5) is 16.8. The summed E-state index contributed by atoms with van der Waals surface area (Å²) < 4.78 is 13.1. The highest BCUT2D eigenvalue weighted by atomic mass is 19.1. The van der Waals surface area contributed by atoms with E-state index in [-0.39, 0.29) is 11.6 Å². The van der Waals surface area contributed by atoms with E-state index in [9.17, 15) is 9.18 Å². The Morgan fingerprint density at radius 1 is 1.00 bits per heavy atom. The third-order valence-corrected chi connectivity index (χ3v) is 5.43. The molecule has 0 bridgehead atoms. The molecule has 0 aliphatic carbocycles. The molecule has 0 spiro atoms. The summed E-state index contributed by atoms with van der Waals surface area (Å²) in [6.07, 6.45) is 0. The maximum absolute atomic E-state index is 13.1. The summed E-state index contributed by atoms with van der Waals surface area (Å²) in [5.41, 5.74) is 6.67. The van der Waals surface area contributed by atoms with E-state index in [0.29, 0.717) is 0 Å². The van der Waals surface area contributed by atoms with E-state index in [1.807, 2.05) is 19.1 Å². The van der Waals surface area contributed by atoms with Gasteiger partial charge in [-0.15, -0.1) is 0 Å². The normalized spacial score (nSPS) is 15.3. The first kappa shape index (κ1) is 18.6. The number of piperazine rings is 1. The minimum atomic E-state index is -0.195. The predicted octanol–water partition coefficient (Wildman–Crippen LogP) is 4.28. The van der Waals surface area contributed by atoms with Gasteiger partial charge in [-0.25, -0.2) is 4.39 Å². The molecule has 3 rings (SSSR count). The van der Waals surface area contributed by atoms with Gasteiger partial charge in [0.15, 0.2) is 5.78 Å². The number of benzene rings is 2. The van der Waals surface area contributed by atoms with Gasteiger partial charge in [0.25, 0.3) is 0 Å². The van der Waals surface area contributed by atoms with Crippen LogP contribution in [-0.4, -0.2) is 36.9 Å². The quantitative estimate of drug-likeness (QED) is 0.766. The highest BCUT2D eigenvalue weighted by Gasteiger charge is 2.20. The lowest BCUT2D eigenvalue weighted by molar-refractivity contribution is 0.101. The number of aryl methyl sites for hydroxylation is 2. The van der Waals surface area contributed by atoms with Crippen molar-refractivity contribution in [1.29, 1.82) is 0 Å². The lowest BCUT2D eigenvalue weighted by Crippen LogP contribution is -2.46. The Kier molecular flexibility index (Phi) is 5.42. The monoisotopic (exact) mass is 354 g/mol. The van der Waals surface area contributed by atoms with Crippen LogP contribution in [0.4, 0.5) is 10.1 Å². The Morgan fingerprint density at radius 3 is 2.19 bits per heavy atom. The number of rotatable bonds is 4. The minimum absolute atomic E-state index is 0.141. The molecule has 3 nitrogen and oxygen atoms in total. The van der Waals surface area contributed by atoms with Crippen molar-refractivity contribution in [2.45, 2.75) is 34.2 Å². The van der Waals surface area contributed by atoms with Gasteiger partial charge in [-0.3, -0.25) is 9.69 Å². The number of nitrogens with zero attached hydrogens (tertiary/aromatic N) is 2. The molecule has 1 aliphatic heterocycles. The summed E-state index contributed by atoms with van der Waals surface area (Å²) in [5, 5.41) is 0. The molecule has 1 heterocycles. The first-order valence-corrected chi connectivity index (χ1v) is 9.20. The number of ketones is 1. The van der Waals surface area contributed by atoms with Gasteiger partial charge in [0.2, 0.25) is 0 Å². The summed E-state index contributed by atoms with van der Waals surface area (Å²) >= 11 is 0. The second kappa shape index (κ2) is 7.58. The average Bonchev–Trinajstić information content (AvgIpc) is 2.59. The molecule has 0 N–H and O–H groups in total. The number of Topliss-reactive ketones (excluding diaryl/α,β-unsaturated/α-hetero) is 1. The number of anilines is 1. The topological polar surface area (TPSA) is 23.6 Å². The molecule has 1 aliphatic rings. The van der Waals surface area contributed by atoms with Crippen LogP contribution in [0.5, 0.6) is 0 Å². The van der Waals surface area contributed by atoms with E-state index in [4.69, 9.17) is 0 Å². The number of halogens is 1. The van der Waals surface area contributed by atoms with Crippen LogP contribution in [0.25, 0.3) is 0 Å². The predicted molar refractivity (Wildman–Crippen MR) is 105 cm³/mol. The van der Waals surface area contributed by atoms with Crippen molar-refractivity contribution in [1.82, 2.24) is 4.90 Å². The van der Waals surface area contributed by atoms with E-state index in [1.54, 1.807) is 6.92 Å². The highest BCUT2D eigenvalue weighted by Crippen LogP contribution is 2.25. The molecule has 0 unspecified atom stereocenters. The van der Waals surface area contributed by atoms with Crippen LogP contribution in [0.2, 0.25) is 0 Å². The van der Waals surface area contributed by atoms with E-state index < -0.39 is 0 Å². The standard InChI is InChI=1S/C22H27FN2O/c1-15-13-16(2)22(18(4)26)17(3)21(15)14-24-9-11-25(12-10-24)20-7-5-19(23)6-8-20/h5-8,13H,9-12,14H2,1-4H3. The molecular weight excluding hydrogens is 327 g/mol. The molecule has 0 aromatic heterocycles. The van der Waals surface area contributed by atoms with E-state index in [0.717, 1.165) is 55.1 Å². The third kappa shape index (κ3) is 3.80. The molecule has 4 heteroatoms. The van der Waals surface area contributed by atoms with E-state index in [1.165, 1.54) is 23.3 Å². The molecular formula is C22H27FN2O. The minimum Gasteiger partial charge on any atom is -0.369 e. The van der Waals surface area contributed by atoms with Crippen LogP contribution < -0.4 is 4.90 Å². The maximum atomic E-state index is 13.1. The fourth-order valence-electron chi connectivity index (χ4n) is 4.05. The molecule has 138 valence electrons. The van der Waals surface area contributed by atoms with Crippen molar-refractivity contribution in [3.8, 4) is 0 Å². The first-order valence-electron chi connectivity index (χ1n) is 9.20. The second-order valence-electron chi connectivity index (χ2n) is 7.28. The van der Waals surface area contributed by atoms with Gasteiger partial charge in [0.1, 0.15) is 5.82 Å². The van der Waals surface area contributed by atoms with Crippen LogP contribution in [0.3, 0.4) is 0 Å². The van der Waals surface area contributed by atoms with Crippen LogP contribution in [0.1, 0.15) is 39.5 Å². The van der Waals surface area contributed by atoms with Crippen molar-refractivity contribution in [3.63, 3.8) is 0 Å². The lowest BCUT2D eigenvalue weighted by Gasteiger charge is -2.36. The fraction of sp³-hybridized carbons (Fsp3) is 0.409. The van der Waals surface area contributed by atoms with Crippen LogP contribution in [-0.2, 0) is 6.54 Å². The second-order valence-corrected chi connectivity index (χ2v) is 7.28. The lowest BCUT2D eigenvalue weighted by atomic mass is 9.91. The SMILES string of the molecule is CC(=O)c1c(C)cc(C)c(CN2CCN(c3ccc(F)cc3)CC2)c1C. The van der Waals surface area contributed by atoms with Crippen molar-refractivity contribution in [2.75, 3.05) is 31.1 Å². The molecule has 0 radical (unpaired) electrons. The Balaban J connectivity index is 1.71. The van der Waals surface area contributed by atoms with Crippen molar-refractivity contribution >= 4 is 11.5 Å². The molecule has 2 aromatic rings. The Morgan fingerprint density at radius 2 is 1.62 bits per heavy atom. The summed E-state index contributed by atoms with van der Waals surface area (Å²) in [7, 11) is 0. The van der Waals surface area contributed by atoms with Crippen LogP contribution in [0.15, 0.2) is 30.3 Å². The van der Waals surface area contributed by atoms with Crippen LogP contribution in [0, 0.1) is 26.6 Å². The van der Waals surface area contributed by atoms with E-state index in [2.05, 4.69) is 29.7 Å². The molecule has 0 atom stereocenters. The smallest absolute Gasteiger partial charge is 0.160 e. The number of hydrogen-bond acceptors (Lipinski definition) is 3. The van der Waals surface area contributed by atoms with Gasteiger partial charge in [-0.2, -0.15) is 0 Å². The van der Waals surface area contributed by atoms with Gasteiger partial charge in [-0.1, -0.05) is 6.07 Å². The van der Waals surface area contributed by atoms with Gasteiger partial charge in [-0.05, 0) is 74.2 Å². The zero-order valence-electron chi connectivity index (χ0n) is 16.1. The van der Waals surface area contributed by atoms with Crippen molar-refractivity contribution in [2.24, 2.45) is 0 Å². The molecule has 0 amide bonds. The Bertz CT molecular complexity index is 806. The van der Waals surface area contributed by atoms with Gasteiger partial charge in [0.05, 0.1) is 0 Å². The van der Waals surface area contributed by atoms with Crippen molar-refractivity contribution < 1.29 is 9.18 Å². The Labute approximate surface area is 155 Å². The Hall–Kier alpha value is -2.20. The van der Waals surface area contributed by atoms with Gasteiger partial charge in [0, 0.05) is 44.0 Å². The highest BCUT2D eigenvalue weighted by molar-refractivity contribution is 5.97. The first-order chi connectivity index (χ1) is 12.4. The van der Waals surface area contributed by atoms with Gasteiger partial charge < -0.3 is 4.90 Å². The number of carbonyl (C=O) groups is 1. The van der Waals surface area contributed by atoms with Crippen LogP contribution >= 0.6 is 0 Å². The summed E-state index contributed by atoms with van der Waals surface area (Å²) in [5.74, 6) is -0.0543. The maximum Gasteiger partial charge on any atom is 0.160 e. The summed E-state index contributed by atoms with van der Waals surface area (Å²) in [6.45, 7) is 12.5. The zero-order chi connectivity index (χ0) is 18.8. The largest absolute Gasteiger partial charge is 0.369 e. The molecule has 1 fully saturated rings. The fourth-order valence-corrected chi connectivity index (χ4v) is 4.05. The number of carbonyl (C=O) groups excluding carboxylic acids is 1. The molecule has 1 saturated heterocycles. The molecule has 0 saturated carbocycles. The van der Waals surface area contributed by atoms with Crippen molar-refractivity contribution in [3.05, 3.63) is 64.0 Å². The molecule has 26 heavy (non-hydrogen) atoms. The average molecular weight is 354 g/mol. The number of hydrogen-bond donors (Lipinski definition) is 0. The van der Waals surface area contributed by atoms with Gasteiger partial charge >= 0.3 is 0 Å². The summed E-state index contributed by atoms with van der Waals surface area (Å²) in [6, 6.07) is 8.86.